The van der Waals surface area contributed by atoms with Crippen molar-refractivity contribution >= 4 is 6.09 Å². The number of nitrogens with one attached hydrogen (secondary N) is 1. The minimum absolute atomic E-state index is 0.0517. The van der Waals surface area contributed by atoms with Crippen LogP contribution in [0.4, 0.5) is 18.0 Å². The third-order valence-electron chi connectivity index (χ3n) is 2.73. The van der Waals surface area contributed by atoms with Crippen molar-refractivity contribution in [2.75, 3.05) is 0 Å². The van der Waals surface area contributed by atoms with E-state index in [-0.39, 0.29) is 13.0 Å². The zero-order valence-electron chi connectivity index (χ0n) is 9.41. The molecule has 1 N–H and O–H groups in total. The molecular weight excluding hydrogens is 247 g/mol. The molecule has 1 aromatic carbocycles. The van der Waals surface area contributed by atoms with Gasteiger partial charge in [0.2, 0.25) is 0 Å². The van der Waals surface area contributed by atoms with Gasteiger partial charge in [-0.05, 0) is 12.0 Å². The van der Waals surface area contributed by atoms with Crippen LogP contribution >= 0.6 is 0 Å². The van der Waals surface area contributed by atoms with Crippen molar-refractivity contribution < 1.29 is 22.7 Å². The molecule has 1 aromatic rings. The number of ether oxygens (including phenoxy) is 1. The molecule has 2 atom stereocenters. The molecule has 3 nitrogen and oxygen atoms in total. The summed E-state index contributed by atoms with van der Waals surface area (Å²) in [5, 5.41) is 2.20. The molecule has 6 heteroatoms. The second-order valence-corrected chi connectivity index (χ2v) is 4.20. The van der Waals surface area contributed by atoms with Crippen LogP contribution in [-0.4, -0.2) is 18.3 Å². The highest BCUT2D eigenvalue weighted by Gasteiger charge is 2.56. The predicted molar refractivity (Wildman–Crippen MR) is 57.7 cm³/mol. The van der Waals surface area contributed by atoms with E-state index in [0.717, 1.165) is 5.56 Å². The number of alkyl carbamates (subject to hydrolysis) is 1. The summed E-state index contributed by atoms with van der Waals surface area (Å²) in [5.74, 6) is -1.43. The lowest BCUT2D eigenvalue weighted by molar-refractivity contribution is -0.148. The summed E-state index contributed by atoms with van der Waals surface area (Å²) in [6.07, 6.45) is -5.11. The Kier molecular flexibility index (Phi) is 3.45. The number of hydrogen-bond donors (Lipinski definition) is 1. The van der Waals surface area contributed by atoms with Gasteiger partial charge in [0, 0.05) is 6.04 Å². The van der Waals surface area contributed by atoms with Crippen LogP contribution in [0.5, 0.6) is 0 Å². The molecule has 0 bridgehead atoms. The maximum atomic E-state index is 12.2. The van der Waals surface area contributed by atoms with Gasteiger partial charge in [-0.25, -0.2) is 4.79 Å². The lowest BCUT2D eigenvalue weighted by atomic mass is 10.2. The van der Waals surface area contributed by atoms with E-state index in [0.29, 0.717) is 0 Å². The summed E-state index contributed by atoms with van der Waals surface area (Å²) in [6.45, 7) is 0.0517. The molecule has 1 amide bonds. The molecule has 0 aromatic heterocycles. The first kappa shape index (κ1) is 12.7. The standard InChI is InChI=1S/C12H12F3NO2/c13-12(14,15)9-6-10(9)16-11(17)18-7-8-4-2-1-3-5-8/h1-5,9-10H,6-7H2,(H,16,17)/t9-,10-/m0/s1. The van der Waals surface area contributed by atoms with Crippen LogP contribution in [0.1, 0.15) is 12.0 Å². The monoisotopic (exact) mass is 259 g/mol. The first-order chi connectivity index (χ1) is 8.47. The minimum atomic E-state index is -4.24. The Bertz CT molecular complexity index is 419. The maximum absolute atomic E-state index is 12.2. The Hall–Kier alpha value is -1.72. The Morgan fingerprint density at radius 3 is 2.56 bits per heavy atom. The fourth-order valence-electron chi connectivity index (χ4n) is 1.63. The zero-order valence-corrected chi connectivity index (χ0v) is 9.41. The van der Waals surface area contributed by atoms with E-state index in [1.165, 1.54) is 0 Å². The average Bonchev–Trinajstić information content (AvgIpc) is 3.07. The lowest BCUT2D eigenvalue weighted by Crippen LogP contribution is -2.30. The second kappa shape index (κ2) is 4.88. The molecule has 0 spiro atoms. The van der Waals surface area contributed by atoms with Crippen LogP contribution in [-0.2, 0) is 11.3 Å². The molecule has 1 saturated carbocycles. The number of halogens is 3. The van der Waals surface area contributed by atoms with Gasteiger partial charge in [0.25, 0.3) is 0 Å². The van der Waals surface area contributed by atoms with Gasteiger partial charge in [-0.15, -0.1) is 0 Å². The summed E-state index contributed by atoms with van der Waals surface area (Å²) in [6, 6.07) is 8.09. The number of carbonyl (C=O) groups excluding carboxylic acids is 1. The Labute approximate surface area is 102 Å². The Balaban J connectivity index is 1.71. The molecule has 98 valence electrons. The summed E-state index contributed by atoms with van der Waals surface area (Å²) >= 11 is 0. The van der Waals surface area contributed by atoms with Gasteiger partial charge in [-0.1, -0.05) is 30.3 Å². The van der Waals surface area contributed by atoms with Gasteiger partial charge in [0.05, 0.1) is 5.92 Å². The van der Waals surface area contributed by atoms with Crippen molar-refractivity contribution in [2.24, 2.45) is 5.92 Å². The van der Waals surface area contributed by atoms with E-state index < -0.39 is 24.2 Å². The number of hydrogen-bond acceptors (Lipinski definition) is 2. The van der Waals surface area contributed by atoms with Gasteiger partial charge in [-0.2, -0.15) is 13.2 Å². The first-order valence-electron chi connectivity index (χ1n) is 5.51. The molecule has 0 radical (unpaired) electrons. The Morgan fingerprint density at radius 2 is 2.00 bits per heavy atom. The van der Waals surface area contributed by atoms with Crippen molar-refractivity contribution in [1.82, 2.24) is 5.32 Å². The first-order valence-corrected chi connectivity index (χ1v) is 5.51. The second-order valence-electron chi connectivity index (χ2n) is 4.20. The molecule has 1 aliphatic carbocycles. The highest BCUT2D eigenvalue weighted by Crippen LogP contribution is 2.44. The Morgan fingerprint density at radius 1 is 1.33 bits per heavy atom. The van der Waals surface area contributed by atoms with E-state index in [4.69, 9.17) is 4.74 Å². The lowest BCUT2D eigenvalue weighted by Gasteiger charge is -2.08. The highest BCUT2D eigenvalue weighted by atomic mass is 19.4. The fourth-order valence-corrected chi connectivity index (χ4v) is 1.63. The van der Waals surface area contributed by atoms with E-state index >= 15 is 0 Å². The van der Waals surface area contributed by atoms with Gasteiger partial charge >= 0.3 is 12.3 Å². The molecule has 0 saturated heterocycles. The largest absolute Gasteiger partial charge is 0.445 e. The molecule has 0 heterocycles. The van der Waals surface area contributed by atoms with Gasteiger partial charge in [0.1, 0.15) is 6.61 Å². The summed E-state index contributed by atoms with van der Waals surface area (Å²) in [5.41, 5.74) is 0.788. The molecule has 1 fully saturated rings. The number of amides is 1. The predicted octanol–water partition coefficient (Wildman–Crippen LogP) is 2.86. The maximum Gasteiger partial charge on any atom is 0.407 e. The van der Waals surface area contributed by atoms with Crippen LogP contribution in [0.3, 0.4) is 0 Å². The van der Waals surface area contributed by atoms with Crippen LogP contribution < -0.4 is 5.32 Å². The zero-order chi connectivity index (χ0) is 13.2. The van der Waals surface area contributed by atoms with Crippen LogP contribution in [0.25, 0.3) is 0 Å². The SMILES string of the molecule is O=C(N[C@H]1C[C@@H]1C(F)(F)F)OCc1ccccc1. The van der Waals surface area contributed by atoms with E-state index in [2.05, 4.69) is 5.32 Å². The number of benzene rings is 1. The van der Waals surface area contributed by atoms with Crippen molar-refractivity contribution in [2.45, 2.75) is 25.2 Å². The van der Waals surface area contributed by atoms with Crippen molar-refractivity contribution in [3.05, 3.63) is 35.9 Å². The average molecular weight is 259 g/mol. The van der Waals surface area contributed by atoms with E-state index in [9.17, 15) is 18.0 Å². The van der Waals surface area contributed by atoms with Gasteiger partial charge in [-0.3, -0.25) is 0 Å². The van der Waals surface area contributed by atoms with E-state index in [1.54, 1.807) is 24.3 Å². The quantitative estimate of drug-likeness (QED) is 0.906. The smallest absolute Gasteiger partial charge is 0.407 e. The topological polar surface area (TPSA) is 38.3 Å². The van der Waals surface area contributed by atoms with Crippen molar-refractivity contribution in [3.8, 4) is 0 Å². The molecule has 18 heavy (non-hydrogen) atoms. The van der Waals surface area contributed by atoms with Crippen LogP contribution in [0, 0.1) is 5.92 Å². The highest BCUT2D eigenvalue weighted by molar-refractivity contribution is 5.68. The fraction of sp³-hybridized carbons (Fsp3) is 0.417. The molecule has 0 aliphatic heterocycles. The molecular formula is C12H12F3NO2. The normalized spacial score (nSPS) is 22.4. The minimum Gasteiger partial charge on any atom is -0.445 e. The van der Waals surface area contributed by atoms with Crippen LogP contribution in [0.15, 0.2) is 30.3 Å². The number of rotatable bonds is 3. The van der Waals surface area contributed by atoms with Gasteiger partial charge < -0.3 is 10.1 Å². The summed E-state index contributed by atoms with van der Waals surface area (Å²) in [4.78, 5) is 11.2. The summed E-state index contributed by atoms with van der Waals surface area (Å²) in [7, 11) is 0. The van der Waals surface area contributed by atoms with Crippen molar-refractivity contribution in [1.29, 1.82) is 0 Å². The van der Waals surface area contributed by atoms with Crippen LogP contribution in [0.2, 0.25) is 0 Å². The number of alkyl halides is 3. The number of carbonyl (C=O) groups is 1. The third-order valence-corrected chi connectivity index (χ3v) is 2.73. The summed E-state index contributed by atoms with van der Waals surface area (Å²) < 4.78 is 41.4. The van der Waals surface area contributed by atoms with Gasteiger partial charge in [0.15, 0.2) is 0 Å². The molecule has 0 unspecified atom stereocenters. The van der Waals surface area contributed by atoms with E-state index in [1.807, 2.05) is 6.07 Å². The third kappa shape index (κ3) is 3.38. The van der Waals surface area contributed by atoms with Crippen molar-refractivity contribution in [3.63, 3.8) is 0 Å². The molecule has 1 aliphatic rings. The molecule has 2 rings (SSSR count).